The molecule has 0 spiro atoms. The summed E-state index contributed by atoms with van der Waals surface area (Å²) >= 11 is 0. The number of aromatic nitrogens is 1. The van der Waals surface area contributed by atoms with Gasteiger partial charge in [0.25, 0.3) is 5.69 Å². The van der Waals surface area contributed by atoms with Crippen LogP contribution in [0, 0.1) is 10.1 Å². The minimum atomic E-state index is -0.420. The van der Waals surface area contributed by atoms with E-state index in [1.807, 2.05) is 19.1 Å². The molecule has 0 amide bonds. The highest BCUT2D eigenvalue weighted by Crippen LogP contribution is 2.20. The summed E-state index contributed by atoms with van der Waals surface area (Å²) < 4.78 is 5.23. The Balaban J connectivity index is 2.02. The number of nitrogens with one attached hydrogen (secondary N) is 2. The van der Waals surface area contributed by atoms with Crippen LogP contribution in [0.5, 0.6) is 0 Å². The Morgan fingerprint density at radius 1 is 1.29 bits per heavy atom. The maximum atomic E-state index is 10.9. The summed E-state index contributed by atoms with van der Waals surface area (Å²) in [5, 5.41) is 17.1. The van der Waals surface area contributed by atoms with Crippen LogP contribution in [0.2, 0.25) is 0 Å². The molecule has 7 heteroatoms. The smallest absolute Gasteiger partial charge is 0.276 e. The van der Waals surface area contributed by atoms with Crippen LogP contribution in [-0.2, 0) is 6.42 Å². The predicted octanol–water partition coefficient (Wildman–Crippen LogP) is 3.06. The zero-order chi connectivity index (χ0) is 15.1. The van der Waals surface area contributed by atoms with Gasteiger partial charge in [-0.1, -0.05) is 6.92 Å². The Morgan fingerprint density at radius 2 is 2.00 bits per heavy atom. The number of hydrogen-bond donors (Lipinski definition) is 2. The average molecular weight is 290 g/mol. The van der Waals surface area contributed by atoms with Crippen molar-refractivity contribution >= 4 is 17.3 Å². The van der Waals surface area contributed by atoms with Crippen LogP contribution in [0.15, 0.2) is 34.9 Å². The molecule has 7 nitrogen and oxygen atoms in total. The Kier molecular flexibility index (Phi) is 5.14. The Hall–Kier alpha value is -2.57. The summed E-state index contributed by atoms with van der Waals surface area (Å²) in [6.07, 6.45) is 3.23. The third-order valence-corrected chi connectivity index (χ3v) is 2.83. The van der Waals surface area contributed by atoms with Gasteiger partial charge < -0.3 is 15.1 Å². The number of nitro groups is 1. The molecule has 0 unspecified atom stereocenters. The molecule has 0 radical (unpaired) electrons. The van der Waals surface area contributed by atoms with E-state index < -0.39 is 4.92 Å². The molecule has 0 aliphatic rings. The molecule has 112 valence electrons. The van der Waals surface area contributed by atoms with Crippen LogP contribution in [0.1, 0.15) is 19.1 Å². The van der Waals surface area contributed by atoms with Gasteiger partial charge in [0.1, 0.15) is 17.4 Å². The van der Waals surface area contributed by atoms with E-state index in [0.29, 0.717) is 24.6 Å². The predicted molar refractivity (Wildman–Crippen MR) is 80.6 cm³/mol. The molecule has 0 aliphatic heterocycles. The van der Waals surface area contributed by atoms with E-state index in [0.717, 1.165) is 18.7 Å². The summed E-state index contributed by atoms with van der Waals surface area (Å²) in [5.41, 5.74) is 0.0177. The van der Waals surface area contributed by atoms with Gasteiger partial charge in [-0.15, -0.1) is 0 Å². The topological polar surface area (TPSA) is 93.2 Å². The molecular formula is C14H18N4O3. The van der Waals surface area contributed by atoms with Gasteiger partial charge in [-0.3, -0.25) is 10.1 Å². The van der Waals surface area contributed by atoms with Gasteiger partial charge in [0.15, 0.2) is 0 Å². The van der Waals surface area contributed by atoms with Crippen LogP contribution >= 0.6 is 0 Å². The first-order valence-electron chi connectivity index (χ1n) is 6.85. The van der Waals surface area contributed by atoms with E-state index in [9.17, 15) is 10.1 Å². The van der Waals surface area contributed by atoms with E-state index in [1.165, 1.54) is 12.1 Å². The van der Waals surface area contributed by atoms with Gasteiger partial charge in [0.2, 0.25) is 0 Å². The Bertz CT molecular complexity index is 584. The average Bonchev–Trinajstić information content (AvgIpc) is 2.98. The normalized spacial score (nSPS) is 10.3. The number of pyridine rings is 1. The van der Waals surface area contributed by atoms with Crippen molar-refractivity contribution in [3.05, 3.63) is 46.4 Å². The standard InChI is InChI=1S/C14H18N4O3/c1-2-6-15-13-9-11(18(19)20)10-14(17-13)16-7-5-12-4-3-8-21-12/h3-4,8-10H,2,5-7H2,1H3,(H2,15,16,17). The highest BCUT2D eigenvalue weighted by atomic mass is 16.6. The number of nitrogens with zero attached hydrogens (tertiary/aromatic N) is 2. The number of rotatable bonds is 8. The van der Waals surface area contributed by atoms with Crippen molar-refractivity contribution in [3.8, 4) is 0 Å². The number of hydrogen-bond acceptors (Lipinski definition) is 6. The first-order chi connectivity index (χ1) is 10.2. The minimum absolute atomic E-state index is 0.0177. The fourth-order valence-electron chi connectivity index (χ4n) is 1.82. The highest BCUT2D eigenvalue weighted by molar-refractivity contribution is 5.54. The molecule has 0 saturated heterocycles. The molecule has 0 saturated carbocycles. The summed E-state index contributed by atoms with van der Waals surface area (Å²) in [6, 6.07) is 6.58. The van der Waals surface area contributed by atoms with Crippen molar-refractivity contribution in [2.24, 2.45) is 0 Å². The minimum Gasteiger partial charge on any atom is -0.469 e. The number of anilines is 2. The van der Waals surface area contributed by atoms with Crippen molar-refractivity contribution in [1.82, 2.24) is 4.98 Å². The molecule has 2 aromatic rings. The van der Waals surface area contributed by atoms with E-state index in [4.69, 9.17) is 4.42 Å². The molecule has 0 atom stereocenters. The Labute approximate surface area is 122 Å². The fourth-order valence-corrected chi connectivity index (χ4v) is 1.82. The molecular weight excluding hydrogens is 272 g/mol. The van der Waals surface area contributed by atoms with Gasteiger partial charge in [-0.25, -0.2) is 4.98 Å². The second-order valence-corrected chi connectivity index (χ2v) is 4.54. The third kappa shape index (κ3) is 4.48. The summed E-state index contributed by atoms with van der Waals surface area (Å²) in [4.78, 5) is 14.8. The maximum Gasteiger partial charge on any atom is 0.276 e. The molecule has 0 fully saturated rings. The van der Waals surface area contributed by atoms with Crippen molar-refractivity contribution in [2.45, 2.75) is 19.8 Å². The van der Waals surface area contributed by atoms with Crippen LogP contribution < -0.4 is 10.6 Å². The van der Waals surface area contributed by atoms with Crippen LogP contribution in [0.25, 0.3) is 0 Å². The van der Waals surface area contributed by atoms with Gasteiger partial charge in [-0.05, 0) is 18.6 Å². The van der Waals surface area contributed by atoms with E-state index >= 15 is 0 Å². The van der Waals surface area contributed by atoms with Crippen molar-refractivity contribution in [2.75, 3.05) is 23.7 Å². The molecule has 0 aliphatic carbocycles. The lowest BCUT2D eigenvalue weighted by Gasteiger charge is -2.08. The summed E-state index contributed by atoms with van der Waals surface area (Å²) in [5.74, 6) is 1.85. The van der Waals surface area contributed by atoms with Crippen LogP contribution in [0.3, 0.4) is 0 Å². The SMILES string of the molecule is CCCNc1cc([N+](=O)[O-])cc(NCCc2ccco2)n1. The first-order valence-corrected chi connectivity index (χ1v) is 6.85. The van der Waals surface area contributed by atoms with E-state index in [2.05, 4.69) is 15.6 Å². The monoisotopic (exact) mass is 290 g/mol. The zero-order valence-electron chi connectivity index (χ0n) is 11.8. The number of furan rings is 1. The lowest BCUT2D eigenvalue weighted by atomic mass is 10.3. The lowest BCUT2D eigenvalue weighted by molar-refractivity contribution is -0.384. The molecule has 0 bridgehead atoms. The van der Waals surface area contributed by atoms with Crippen molar-refractivity contribution < 1.29 is 9.34 Å². The molecule has 0 aromatic carbocycles. The summed E-state index contributed by atoms with van der Waals surface area (Å²) in [7, 11) is 0. The van der Waals surface area contributed by atoms with Crippen LogP contribution in [0.4, 0.5) is 17.3 Å². The van der Waals surface area contributed by atoms with Gasteiger partial charge >= 0.3 is 0 Å². The molecule has 2 N–H and O–H groups in total. The first kappa shape index (κ1) is 14.8. The van der Waals surface area contributed by atoms with Crippen LogP contribution in [-0.4, -0.2) is 23.0 Å². The quantitative estimate of drug-likeness (QED) is 0.573. The molecule has 2 aromatic heterocycles. The second kappa shape index (κ2) is 7.28. The second-order valence-electron chi connectivity index (χ2n) is 4.54. The van der Waals surface area contributed by atoms with Gasteiger partial charge in [0.05, 0.1) is 23.3 Å². The lowest BCUT2D eigenvalue weighted by Crippen LogP contribution is -2.09. The van der Waals surface area contributed by atoms with E-state index in [1.54, 1.807) is 6.26 Å². The zero-order valence-corrected chi connectivity index (χ0v) is 11.8. The van der Waals surface area contributed by atoms with Gasteiger partial charge in [0, 0.05) is 19.5 Å². The Morgan fingerprint density at radius 3 is 2.57 bits per heavy atom. The van der Waals surface area contributed by atoms with E-state index in [-0.39, 0.29) is 5.69 Å². The molecule has 2 heterocycles. The molecule has 2 rings (SSSR count). The fraction of sp³-hybridized carbons (Fsp3) is 0.357. The van der Waals surface area contributed by atoms with Gasteiger partial charge in [-0.2, -0.15) is 0 Å². The van der Waals surface area contributed by atoms with Crippen molar-refractivity contribution in [1.29, 1.82) is 0 Å². The summed E-state index contributed by atoms with van der Waals surface area (Å²) in [6.45, 7) is 3.34. The highest BCUT2D eigenvalue weighted by Gasteiger charge is 2.11. The van der Waals surface area contributed by atoms with Crippen molar-refractivity contribution in [3.63, 3.8) is 0 Å². The maximum absolute atomic E-state index is 10.9. The molecule has 21 heavy (non-hydrogen) atoms. The third-order valence-electron chi connectivity index (χ3n) is 2.83. The largest absolute Gasteiger partial charge is 0.469 e.